The van der Waals surface area contributed by atoms with Gasteiger partial charge >= 0.3 is 6.18 Å². The van der Waals surface area contributed by atoms with E-state index in [1.165, 1.54) is 47.2 Å². The lowest BCUT2D eigenvalue weighted by atomic mass is 9.96. The summed E-state index contributed by atoms with van der Waals surface area (Å²) in [5.74, 6) is 0.385. The van der Waals surface area contributed by atoms with E-state index in [0.717, 1.165) is 36.4 Å². The van der Waals surface area contributed by atoms with Crippen molar-refractivity contribution >= 4 is 34.7 Å². The molecule has 0 spiro atoms. The van der Waals surface area contributed by atoms with Crippen molar-refractivity contribution in [1.82, 2.24) is 14.8 Å². The van der Waals surface area contributed by atoms with Crippen molar-refractivity contribution in [2.75, 3.05) is 11.1 Å². The highest BCUT2D eigenvalue weighted by molar-refractivity contribution is 7.99. The van der Waals surface area contributed by atoms with Crippen LogP contribution in [0.1, 0.15) is 28.8 Å². The molecule has 4 rings (SSSR count). The molecule has 1 aliphatic rings. The van der Waals surface area contributed by atoms with Gasteiger partial charge in [0, 0.05) is 28.6 Å². The first-order chi connectivity index (χ1) is 14.3. The molecule has 5 nitrogen and oxygen atoms in total. The highest BCUT2D eigenvalue weighted by Gasteiger charge is 2.30. The number of nitrogens with zero attached hydrogens (tertiary/aromatic N) is 3. The average Bonchev–Trinajstić information content (AvgIpc) is 3.29. The van der Waals surface area contributed by atoms with Crippen LogP contribution in [0.2, 0.25) is 0 Å². The van der Waals surface area contributed by atoms with Gasteiger partial charge in [-0.25, -0.2) is 0 Å². The molecule has 158 valence electrons. The number of aromatic nitrogens is 3. The molecule has 1 aromatic carbocycles. The minimum absolute atomic E-state index is 0.0178. The minimum Gasteiger partial charge on any atom is -0.325 e. The fourth-order valence-electron chi connectivity index (χ4n) is 3.46. The van der Waals surface area contributed by atoms with E-state index in [1.807, 2.05) is 11.6 Å². The maximum Gasteiger partial charge on any atom is 0.416 e. The first-order valence-corrected chi connectivity index (χ1v) is 11.3. The summed E-state index contributed by atoms with van der Waals surface area (Å²) in [5, 5.41) is 13.7. The van der Waals surface area contributed by atoms with Gasteiger partial charge in [0.15, 0.2) is 11.0 Å². The third-order valence-electron chi connectivity index (χ3n) is 4.94. The predicted octanol–water partition coefficient (Wildman–Crippen LogP) is 5.17. The summed E-state index contributed by atoms with van der Waals surface area (Å²) in [7, 11) is 1.86. The van der Waals surface area contributed by atoms with Crippen molar-refractivity contribution in [1.29, 1.82) is 0 Å². The number of halogens is 3. The smallest absolute Gasteiger partial charge is 0.325 e. The lowest BCUT2D eigenvalue weighted by Crippen LogP contribution is -2.15. The maximum absolute atomic E-state index is 12.8. The standard InChI is InChI=1S/C20H19F3N4OS2/c1-27-18(15-10-29-16-8-3-2-7-14(15)16)25-26-19(27)30-11-17(28)24-13-6-4-5-12(9-13)20(21,22)23/h4-6,9-10H,2-3,7-8,11H2,1H3,(H,24,28). The second-order valence-electron chi connectivity index (χ2n) is 7.04. The highest BCUT2D eigenvalue weighted by atomic mass is 32.2. The van der Waals surface area contributed by atoms with E-state index in [9.17, 15) is 18.0 Å². The summed E-state index contributed by atoms with van der Waals surface area (Å²) in [4.78, 5) is 13.6. The summed E-state index contributed by atoms with van der Waals surface area (Å²) in [6.07, 6.45) is 0.0865. The average molecular weight is 453 g/mol. The Morgan fingerprint density at radius 1 is 1.27 bits per heavy atom. The Balaban J connectivity index is 1.41. The summed E-state index contributed by atoms with van der Waals surface area (Å²) < 4.78 is 40.3. The number of hydrogen-bond acceptors (Lipinski definition) is 5. The number of carbonyl (C=O) groups excluding carboxylic acids is 1. The molecule has 0 fully saturated rings. The number of thioether (sulfide) groups is 1. The number of fused-ring (bicyclic) bond motifs is 1. The molecule has 1 aliphatic carbocycles. The highest BCUT2D eigenvalue weighted by Crippen LogP contribution is 2.36. The molecule has 2 aromatic heterocycles. The molecular weight excluding hydrogens is 433 g/mol. The van der Waals surface area contributed by atoms with Crippen LogP contribution in [0.3, 0.4) is 0 Å². The van der Waals surface area contributed by atoms with Gasteiger partial charge in [-0.2, -0.15) is 13.2 Å². The van der Waals surface area contributed by atoms with E-state index < -0.39 is 17.6 Å². The molecule has 0 radical (unpaired) electrons. The number of anilines is 1. The number of aryl methyl sites for hydroxylation is 1. The number of benzene rings is 1. The Morgan fingerprint density at radius 2 is 2.07 bits per heavy atom. The van der Waals surface area contributed by atoms with Crippen molar-refractivity contribution in [2.45, 2.75) is 37.0 Å². The molecule has 1 amide bonds. The fourth-order valence-corrected chi connectivity index (χ4v) is 5.29. The topological polar surface area (TPSA) is 59.8 Å². The summed E-state index contributed by atoms with van der Waals surface area (Å²) >= 11 is 2.95. The van der Waals surface area contributed by atoms with Crippen LogP contribution in [0, 0.1) is 0 Å². The van der Waals surface area contributed by atoms with E-state index >= 15 is 0 Å². The van der Waals surface area contributed by atoms with Crippen molar-refractivity contribution in [3.8, 4) is 11.4 Å². The summed E-state index contributed by atoms with van der Waals surface area (Å²) in [6, 6.07) is 4.58. The van der Waals surface area contributed by atoms with E-state index in [0.29, 0.717) is 5.16 Å². The minimum atomic E-state index is -4.45. The molecule has 1 N–H and O–H groups in total. The Hall–Kier alpha value is -2.33. The molecule has 0 unspecified atom stereocenters. The van der Waals surface area contributed by atoms with E-state index in [-0.39, 0.29) is 11.4 Å². The van der Waals surface area contributed by atoms with Crippen LogP contribution in [0.15, 0.2) is 34.8 Å². The normalized spacial score (nSPS) is 13.9. The molecular formula is C20H19F3N4OS2. The van der Waals surface area contributed by atoms with Crippen molar-refractivity contribution < 1.29 is 18.0 Å². The second kappa shape index (κ2) is 8.43. The number of alkyl halides is 3. The number of rotatable bonds is 5. The first kappa shape index (κ1) is 20.9. The largest absolute Gasteiger partial charge is 0.416 e. The van der Waals surface area contributed by atoms with Crippen molar-refractivity contribution in [3.63, 3.8) is 0 Å². The first-order valence-electron chi connectivity index (χ1n) is 9.42. The molecule has 0 aliphatic heterocycles. The maximum atomic E-state index is 12.8. The Bertz CT molecular complexity index is 1070. The van der Waals surface area contributed by atoms with Gasteiger partial charge in [-0.15, -0.1) is 21.5 Å². The molecule has 0 saturated carbocycles. The zero-order valence-corrected chi connectivity index (χ0v) is 17.8. The van der Waals surface area contributed by atoms with Gasteiger partial charge in [0.2, 0.25) is 5.91 Å². The summed E-state index contributed by atoms with van der Waals surface area (Å²) in [5.41, 5.74) is 1.76. The van der Waals surface area contributed by atoms with Crippen molar-refractivity contribution in [3.05, 3.63) is 45.6 Å². The van der Waals surface area contributed by atoms with Crippen LogP contribution >= 0.6 is 23.1 Å². The van der Waals surface area contributed by atoms with Gasteiger partial charge < -0.3 is 9.88 Å². The monoisotopic (exact) mass is 452 g/mol. The number of carbonyl (C=O) groups is 1. The molecule has 0 saturated heterocycles. The Kier molecular flexibility index (Phi) is 5.88. The molecule has 10 heteroatoms. The number of nitrogens with one attached hydrogen (secondary N) is 1. The lowest BCUT2D eigenvalue weighted by molar-refractivity contribution is -0.137. The second-order valence-corrected chi connectivity index (χ2v) is 8.95. The summed E-state index contributed by atoms with van der Waals surface area (Å²) in [6.45, 7) is 0. The van der Waals surface area contributed by atoms with Gasteiger partial charge in [-0.3, -0.25) is 4.79 Å². The molecule has 0 bridgehead atoms. The van der Waals surface area contributed by atoms with Gasteiger partial charge in [0.05, 0.1) is 11.3 Å². The van der Waals surface area contributed by atoms with Crippen LogP contribution in [-0.2, 0) is 30.9 Å². The van der Waals surface area contributed by atoms with Crippen LogP contribution in [-0.4, -0.2) is 26.4 Å². The van der Waals surface area contributed by atoms with E-state index in [4.69, 9.17) is 0 Å². The Morgan fingerprint density at radius 3 is 2.87 bits per heavy atom. The zero-order chi connectivity index (χ0) is 21.3. The van der Waals surface area contributed by atoms with Gasteiger partial charge in [-0.05, 0) is 49.4 Å². The third kappa shape index (κ3) is 4.39. The molecule has 30 heavy (non-hydrogen) atoms. The fraction of sp³-hybridized carbons (Fsp3) is 0.350. The molecule has 2 heterocycles. The molecule has 0 atom stereocenters. The van der Waals surface area contributed by atoms with Gasteiger partial charge in [-0.1, -0.05) is 17.8 Å². The van der Waals surface area contributed by atoms with Gasteiger partial charge in [0.1, 0.15) is 0 Å². The van der Waals surface area contributed by atoms with Gasteiger partial charge in [0.25, 0.3) is 0 Å². The van der Waals surface area contributed by atoms with Crippen LogP contribution in [0.25, 0.3) is 11.4 Å². The number of hydrogen-bond donors (Lipinski definition) is 1. The third-order valence-corrected chi connectivity index (χ3v) is 7.05. The van der Waals surface area contributed by atoms with Crippen molar-refractivity contribution in [2.24, 2.45) is 7.05 Å². The van der Waals surface area contributed by atoms with E-state index in [2.05, 4.69) is 20.9 Å². The van der Waals surface area contributed by atoms with Crippen LogP contribution in [0.4, 0.5) is 18.9 Å². The quantitative estimate of drug-likeness (QED) is 0.543. The number of amides is 1. The number of thiophene rings is 1. The predicted molar refractivity (Wildman–Crippen MR) is 112 cm³/mol. The van der Waals surface area contributed by atoms with Crippen LogP contribution in [0.5, 0.6) is 0 Å². The lowest BCUT2D eigenvalue weighted by Gasteiger charge is -2.12. The van der Waals surface area contributed by atoms with E-state index in [1.54, 1.807) is 11.3 Å². The van der Waals surface area contributed by atoms with Crippen LogP contribution < -0.4 is 5.32 Å². The Labute approximate surface area is 179 Å². The zero-order valence-electron chi connectivity index (χ0n) is 16.1. The molecule has 3 aromatic rings. The SMILES string of the molecule is Cn1c(SCC(=O)Nc2cccc(C(F)(F)F)c2)nnc1-c1csc2c1CCCC2.